The van der Waals surface area contributed by atoms with Gasteiger partial charge in [-0.3, -0.25) is 0 Å². The van der Waals surface area contributed by atoms with E-state index in [-0.39, 0.29) is 0 Å². The Morgan fingerprint density at radius 1 is 1.38 bits per heavy atom. The molecular weight excluding hydrogens is 366 g/mol. The summed E-state index contributed by atoms with van der Waals surface area (Å²) < 4.78 is 2.05. The van der Waals surface area contributed by atoms with Gasteiger partial charge >= 0.3 is 0 Å². The Bertz CT molecular complexity index is 608. The van der Waals surface area contributed by atoms with E-state index in [1.54, 1.807) is 11.3 Å². The second-order valence-electron chi connectivity index (χ2n) is 5.55. The molecule has 1 aromatic heterocycles. The Morgan fingerprint density at radius 2 is 2.14 bits per heavy atom. The van der Waals surface area contributed by atoms with Crippen LogP contribution in [-0.2, 0) is 6.42 Å². The highest BCUT2D eigenvalue weighted by molar-refractivity contribution is 9.10. The fourth-order valence-electron chi connectivity index (χ4n) is 3.08. The van der Waals surface area contributed by atoms with Crippen molar-refractivity contribution < 1.29 is 0 Å². The monoisotopic (exact) mass is 383 g/mol. The molecule has 2 atom stereocenters. The molecule has 0 spiro atoms. The highest BCUT2D eigenvalue weighted by Crippen LogP contribution is 2.39. The molecule has 2 aromatic rings. The van der Waals surface area contributed by atoms with Gasteiger partial charge in [-0.15, -0.1) is 11.3 Å². The van der Waals surface area contributed by atoms with Crippen LogP contribution in [-0.4, -0.2) is 0 Å². The van der Waals surface area contributed by atoms with Crippen LogP contribution in [0.5, 0.6) is 0 Å². The van der Waals surface area contributed by atoms with Crippen LogP contribution in [0.1, 0.15) is 54.3 Å². The van der Waals surface area contributed by atoms with Crippen LogP contribution < -0.4 is 5.32 Å². The Morgan fingerprint density at radius 3 is 2.86 bits per heavy atom. The second kappa shape index (κ2) is 6.82. The molecule has 1 heterocycles. The quantitative estimate of drug-likeness (QED) is 0.654. The third-order valence-corrected chi connectivity index (χ3v) is 6.04. The smallest absolute Gasteiger partial charge is 0.0934 e. The summed E-state index contributed by atoms with van der Waals surface area (Å²) in [4.78, 5) is 1.47. The van der Waals surface area contributed by atoms with E-state index in [0.717, 1.165) is 15.2 Å². The van der Waals surface area contributed by atoms with Crippen molar-refractivity contribution in [3.8, 4) is 0 Å². The van der Waals surface area contributed by atoms with Crippen molar-refractivity contribution >= 4 is 38.9 Å². The molecule has 0 saturated carbocycles. The Labute approximate surface area is 143 Å². The van der Waals surface area contributed by atoms with Gasteiger partial charge in [-0.1, -0.05) is 46.6 Å². The van der Waals surface area contributed by atoms with Gasteiger partial charge in [0, 0.05) is 21.4 Å². The number of fused-ring (bicyclic) bond motifs is 1. The van der Waals surface area contributed by atoms with Crippen LogP contribution in [0.2, 0.25) is 4.34 Å². The third-order valence-electron chi connectivity index (χ3n) is 4.17. The van der Waals surface area contributed by atoms with Crippen LogP contribution >= 0.6 is 38.9 Å². The SMILES string of the molecule is CCC(NC1CCCc2sc(Cl)cc21)c1ccc(Br)cc1. The molecule has 1 aliphatic carbocycles. The summed E-state index contributed by atoms with van der Waals surface area (Å²) >= 11 is 11.5. The molecule has 3 rings (SSSR count). The lowest BCUT2D eigenvalue weighted by Crippen LogP contribution is -2.28. The lowest BCUT2D eigenvalue weighted by atomic mass is 9.92. The Balaban J connectivity index is 1.80. The van der Waals surface area contributed by atoms with Crippen LogP contribution in [0.4, 0.5) is 0 Å². The first-order valence-electron chi connectivity index (χ1n) is 7.47. The largest absolute Gasteiger partial charge is 0.303 e. The number of nitrogens with one attached hydrogen (secondary N) is 1. The maximum absolute atomic E-state index is 6.21. The van der Waals surface area contributed by atoms with Crippen LogP contribution in [0.15, 0.2) is 34.8 Å². The maximum Gasteiger partial charge on any atom is 0.0934 e. The Kier molecular flexibility index (Phi) is 5.05. The predicted molar refractivity (Wildman–Crippen MR) is 95.3 cm³/mol. The van der Waals surface area contributed by atoms with Gasteiger partial charge in [0.15, 0.2) is 0 Å². The number of hydrogen-bond donors (Lipinski definition) is 1. The lowest BCUT2D eigenvalue weighted by Gasteiger charge is -2.28. The van der Waals surface area contributed by atoms with Crippen molar-refractivity contribution in [2.75, 3.05) is 0 Å². The molecule has 1 nitrogen and oxygen atoms in total. The van der Waals surface area contributed by atoms with E-state index in [4.69, 9.17) is 11.6 Å². The molecule has 1 aromatic carbocycles. The van der Waals surface area contributed by atoms with Crippen molar-refractivity contribution in [1.29, 1.82) is 0 Å². The topological polar surface area (TPSA) is 12.0 Å². The minimum Gasteiger partial charge on any atom is -0.303 e. The van der Waals surface area contributed by atoms with Crippen LogP contribution in [0, 0.1) is 0 Å². The van der Waals surface area contributed by atoms with Crippen molar-refractivity contribution in [1.82, 2.24) is 5.32 Å². The first-order valence-corrected chi connectivity index (χ1v) is 9.45. The van der Waals surface area contributed by atoms with Gasteiger partial charge in [-0.2, -0.15) is 0 Å². The summed E-state index contributed by atoms with van der Waals surface area (Å²) in [7, 11) is 0. The summed E-state index contributed by atoms with van der Waals surface area (Å²) in [5, 5.41) is 3.84. The fourth-order valence-corrected chi connectivity index (χ4v) is 4.73. The fraction of sp³-hybridized carbons (Fsp3) is 0.412. The highest BCUT2D eigenvalue weighted by Gasteiger charge is 2.24. The summed E-state index contributed by atoms with van der Waals surface area (Å²) in [6.45, 7) is 2.24. The van der Waals surface area contributed by atoms with E-state index in [1.165, 1.54) is 35.3 Å². The van der Waals surface area contributed by atoms with Crippen molar-refractivity contribution in [2.24, 2.45) is 0 Å². The summed E-state index contributed by atoms with van der Waals surface area (Å²) in [5.41, 5.74) is 2.78. The molecule has 2 unspecified atom stereocenters. The number of aryl methyl sites for hydroxylation is 1. The first kappa shape index (κ1) is 15.5. The van der Waals surface area contributed by atoms with Gasteiger partial charge in [0.05, 0.1) is 4.34 Å². The summed E-state index contributed by atoms with van der Waals surface area (Å²) in [6.07, 6.45) is 4.72. The summed E-state index contributed by atoms with van der Waals surface area (Å²) in [6, 6.07) is 11.6. The molecule has 1 aliphatic rings. The van der Waals surface area contributed by atoms with E-state index in [9.17, 15) is 0 Å². The third kappa shape index (κ3) is 3.53. The zero-order valence-corrected chi connectivity index (χ0v) is 15.2. The molecule has 0 aliphatic heterocycles. The zero-order valence-electron chi connectivity index (χ0n) is 12.0. The van der Waals surface area contributed by atoms with Crippen molar-refractivity contribution in [2.45, 2.75) is 44.7 Å². The normalized spacial score (nSPS) is 19.3. The first-order chi connectivity index (χ1) is 10.2. The van der Waals surface area contributed by atoms with Crippen molar-refractivity contribution in [3.05, 3.63) is 55.1 Å². The van der Waals surface area contributed by atoms with Crippen LogP contribution in [0.3, 0.4) is 0 Å². The molecule has 0 radical (unpaired) electrons. The van der Waals surface area contributed by atoms with Crippen molar-refractivity contribution in [3.63, 3.8) is 0 Å². The Hall–Kier alpha value is -0.350. The molecule has 0 fully saturated rings. The minimum absolute atomic E-state index is 0.396. The van der Waals surface area contributed by atoms with Gasteiger partial charge in [0.2, 0.25) is 0 Å². The lowest BCUT2D eigenvalue weighted by molar-refractivity contribution is 0.395. The number of benzene rings is 1. The highest BCUT2D eigenvalue weighted by atomic mass is 79.9. The zero-order chi connectivity index (χ0) is 14.8. The molecule has 0 amide bonds. The maximum atomic E-state index is 6.21. The molecule has 21 heavy (non-hydrogen) atoms. The van der Waals surface area contributed by atoms with Gasteiger partial charge < -0.3 is 5.32 Å². The summed E-state index contributed by atoms with van der Waals surface area (Å²) in [5.74, 6) is 0. The molecule has 0 bridgehead atoms. The molecule has 1 N–H and O–H groups in total. The standard InChI is InChI=1S/C17H19BrClNS/c1-2-14(11-6-8-12(18)9-7-11)20-15-4-3-5-16-13(15)10-17(19)21-16/h6-10,14-15,20H,2-5H2,1H3. The van der Waals surface area contributed by atoms with E-state index in [0.29, 0.717) is 12.1 Å². The second-order valence-corrected chi connectivity index (χ2v) is 8.24. The number of hydrogen-bond acceptors (Lipinski definition) is 2. The molecule has 0 saturated heterocycles. The average molecular weight is 385 g/mol. The van der Waals surface area contributed by atoms with Gasteiger partial charge in [0.25, 0.3) is 0 Å². The predicted octanol–water partition coefficient (Wildman–Crippen LogP) is 6.28. The molecular formula is C17H19BrClNS. The number of halogens is 2. The van der Waals surface area contributed by atoms with Gasteiger partial charge in [-0.05, 0) is 55.0 Å². The average Bonchev–Trinajstić information content (AvgIpc) is 2.87. The van der Waals surface area contributed by atoms with E-state index >= 15 is 0 Å². The van der Waals surface area contributed by atoms with Crippen LogP contribution in [0.25, 0.3) is 0 Å². The van der Waals surface area contributed by atoms with Gasteiger partial charge in [-0.25, -0.2) is 0 Å². The van der Waals surface area contributed by atoms with Gasteiger partial charge in [0.1, 0.15) is 0 Å². The minimum atomic E-state index is 0.396. The van der Waals surface area contributed by atoms with E-state index in [2.05, 4.69) is 58.5 Å². The number of thiophene rings is 1. The molecule has 4 heteroatoms. The molecule has 112 valence electrons. The van der Waals surface area contributed by atoms with E-state index < -0.39 is 0 Å². The van der Waals surface area contributed by atoms with E-state index in [1.807, 2.05) is 0 Å². The number of rotatable bonds is 4.